The summed E-state index contributed by atoms with van der Waals surface area (Å²) >= 11 is 1.61. The molecule has 0 aliphatic heterocycles. The lowest BCUT2D eigenvalue weighted by molar-refractivity contribution is 0.540. The van der Waals surface area contributed by atoms with Gasteiger partial charge in [0.05, 0.1) is 0 Å². The highest BCUT2D eigenvalue weighted by Gasteiger charge is 2.18. The van der Waals surface area contributed by atoms with Crippen molar-refractivity contribution in [3.63, 3.8) is 0 Å². The Kier molecular flexibility index (Phi) is 3.80. The lowest BCUT2D eigenvalue weighted by atomic mass is 9.96. The van der Waals surface area contributed by atoms with Crippen molar-refractivity contribution in [1.29, 1.82) is 0 Å². The highest BCUT2D eigenvalue weighted by atomic mass is 32.2. The third-order valence-electron chi connectivity index (χ3n) is 2.64. The molecule has 2 N–H and O–H groups in total. The molecule has 0 aliphatic rings. The average molecular weight is 273 g/mol. The molecule has 4 heteroatoms. The van der Waals surface area contributed by atoms with Crippen LogP contribution in [0.5, 0.6) is 0 Å². The van der Waals surface area contributed by atoms with Crippen molar-refractivity contribution < 1.29 is 0 Å². The van der Waals surface area contributed by atoms with Gasteiger partial charge >= 0.3 is 0 Å². The van der Waals surface area contributed by atoms with E-state index in [0.29, 0.717) is 5.82 Å². The number of aryl methyl sites for hydroxylation is 1. The van der Waals surface area contributed by atoms with Crippen LogP contribution >= 0.6 is 11.8 Å². The Bertz CT molecular complexity index is 571. The quantitative estimate of drug-likeness (QED) is 0.845. The van der Waals surface area contributed by atoms with Crippen molar-refractivity contribution in [3.05, 3.63) is 41.7 Å². The van der Waals surface area contributed by atoms with Gasteiger partial charge in [-0.25, -0.2) is 9.97 Å². The van der Waals surface area contributed by atoms with E-state index in [1.165, 1.54) is 5.56 Å². The summed E-state index contributed by atoms with van der Waals surface area (Å²) in [5, 5.41) is 0.890. The molecule has 1 aromatic carbocycles. The molecule has 0 radical (unpaired) electrons. The van der Waals surface area contributed by atoms with Gasteiger partial charge in [0, 0.05) is 16.4 Å². The summed E-state index contributed by atoms with van der Waals surface area (Å²) in [4.78, 5) is 10.1. The molecule has 0 saturated carbocycles. The smallest absolute Gasteiger partial charge is 0.137 e. The minimum atomic E-state index is -0.0992. The summed E-state index contributed by atoms with van der Waals surface area (Å²) in [6.45, 7) is 8.33. The Labute approximate surface area is 118 Å². The average Bonchev–Trinajstić information content (AvgIpc) is 2.30. The lowest BCUT2D eigenvalue weighted by Crippen LogP contribution is -2.17. The van der Waals surface area contributed by atoms with E-state index in [2.05, 4.69) is 61.9 Å². The largest absolute Gasteiger partial charge is 0.384 e. The molecule has 0 unspecified atom stereocenters. The zero-order valence-corrected chi connectivity index (χ0v) is 12.6. The summed E-state index contributed by atoms with van der Waals surface area (Å²) in [5.41, 5.74) is 7.02. The molecule has 0 spiro atoms. The molecule has 0 saturated heterocycles. The van der Waals surface area contributed by atoms with Crippen LogP contribution in [0.4, 0.5) is 5.82 Å². The van der Waals surface area contributed by atoms with Crippen LogP contribution in [0.15, 0.2) is 40.3 Å². The molecule has 0 aliphatic carbocycles. The fourth-order valence-electron chi connectivity index (χ4n) is 1.56. The van der Waals surface area contributed by atoms with Crippen LogP contribution in [0.25, 0.3) is 0 Å². The van der Waals surface area contributed by atoms with E-state index in [1.54, 1.807) is 11.8 Å². The fourth-order valence-corrected chi connectivity index (χ4v) is 2.38. The molecular formula is C15H19N3S. The zero-order chi connectivity index (χ0) is 14.0. The van der Waals surface area contributed by atoms with Crippen LogP contribution in [0, 0.1) is 6.92 Å². The third-order valence-corrected chi connectivity index (χ3v) is 3.56. The second-order valence-electron chi connectivity index (χ2n) is 5.62. The summed E-state index contributed by atoms with van der Waals surface area (Å²) in [7, 11) is 0. The first-order valence-electron chi connectivity index (χ1n) is 6.24. The Morgan fingerprint density at radius 1 is 1.05 bits per heavy atom. The molecule has 3 nitrogen and oxygen atoms in total. The van der Waals surface area contributed by atoms with E-state index in [4.69, 9.17) is 5.73 Å². The Hall–Kier alpha value is -1.55. The van der Waals surface area contributed by atoms with Crippen LogP contribution in [-0.4, -0.2) is 9.97 Å². The molecule has 2 rings (SSSR count). The first-order valence-corrected chi connectivity index (χ1v) is 7.06. The molecule has 19 heavy (non-hydrogen) atoms. The van der Waals surface area contributed by atoms with Gasteiger partial charge in [0.1, 0.15) is 16.7 Å². The van der Waals surface area contributed by atoms with Crippen LogP contribution in [0.3, 0.4) is 0 Å². The van der Waals surface area contributed by atoms with Crippen molar-refractivity contribution in [1.82, 2.24) is 9.97 Å². The van der Waals surface area contributed by atoms with Crippen LogP contribution in [-0.2, 0) is 5.41 Å². The van der Waals surface area contributed by atoms with Gasteiger partial charge in [-0.3, -0.25) is 0 Å². The van der Waals surface area contributed by atoms with E-state index in [9.17, 15) is 0 Å². The zero-order valence-electron chi connectivity index (χ0n) is 11.8. The van der Waals surface area contributed by atoms with Gasteiger partial charge in [-0.15, -0.1) is 0 Å². The minimum absolute atomic E-state index is 0.0992. The number of hydrogen-bond acceptors (Lipinski definition) is 4. The lowest BCUT2D eigenvalue weighted by Gasteiger charge is -2.17. The number of anilines is 1. The second kappa shape index (κ2) is 5.21. The van der Waals surface area contributed by atoms with Crippen LogP contribution in [0.2, 0.25) is 0 Å². The van der Waals surface area contributed by atoms with Gasteiger partial charge < -0.3 is 5.73 Å². The molecule has 1 heterocycles. The van der Waals surface area contributed by atoms with E-state index in [1.807, 2.05) is 6.07 Å². The summed E-state index contributed by atoms with van der Waals surface area (Å²) in [5.74, 6) is 1.30. The summed E-state index contributed by atoms with van der Waals surface area (Å²) in [6.07, 6.45) is 0. The number of hydrogen-bond donors (Lipinski definition) is 1. The predicted octanol–water partition coefficient (Wildman–Crippen LogP) is 3.82. The molecule has 1 aromatic heterocycles. The molecule has 0 fully saturated rings. The normalized spacial score (nSPS) is 11.6. The minimum Gasteiger partial charge on any atom is -0.384 e. The number of rotatable bonds is 2. The molecule has 0 bridgehead atoms. The molecule has 100 valence electrons. The highest BCUT2D eigenvalue weighted by Crippen LogP contribution is 2.29. The standard InChI is InChI=1S/C15H19N3S/c1-10-5-7-11(8-6-10)19-13-9-12(16)17-14(18-13)15(2,3)4/h5-9H,1-4H3,(H2,16,17,18). The maximum Gasteiger partial charge on any atom is 0.137 e. The van der Waals surface area contributed by atoms with Crippen molar-refractivity contribution in [3.8, 4) is 0 Å². The number of nitrogens with zero attached hydrogens (tertiary/aromatic N) is 2. The topological polar surface area (TPSA) is 51.8 Å². The molecule has 0 atom stereocenters. The fraction of sp³-hybridized carbons (Fsp3) is 0.333. The van der Waals surface area contributed by atoms with E-state index in [-0.39, 0.29) is 5.41 Å². The number of nitrogen functional groups attached to an aromatic ring is 1. The highest BCUT2D eigenvalue weighted by molar-refractivity contribution is 7.99. The molecule has 2 aromatic rings. The van der Waals surface area contributed by atoms with Crippen LogP contribution < -0.4 is 5.73 Å². The predicted molar refractivity (Wildman–Crippen MR) is 80.4 cm³/mol. The number of aromatic nitrogens is 2. The maximum absolute atomic E-state index is 5.87. The van der Waals surface area contributed by atoms with Gasteiger partial charge in [-0.1, -0.05) is 50.2 Å². The molecule has 0 amide bonds. The van der Waals surface area contributed by atoms with Gasteiger partial charge in [0.15, 0.2) is 0 Å². The van der Waals surface area contributed by atoms with Crippen LogP contribution in [0.1, 0.15) is 32.2 Å². The monoisotopic (exact) mass is 273 g/mol. The van der Waals surface area contributed by atoms with Crippen molar-refractivity contribution in [2.75, 3.05) is 5.73 Å². The Morgan fingerprint density at radius 3 is 2.26 bits per heavy atom. The van der Waals surface area contributed by atoms with Crippen molar-refractivity contribution in [2.45, 2.75) is 43.0 Å². The number of benzene rings is 1. The summed E-state index contributed by atoms with van der Waals surface area (Å²) in [6, 6.07) is 10.2. The number of nitrogens with two attached hydrogens (primary N) is 1. The van der Waals surface area contributed by atoms with Gasteiger partial charge in [0.25, 0.3) is 0 Å². The third kappa shape index (κ3) is 3.70. The van der Waals surface area contributed by atoms with Gasteiger partial charge in [0.2, 0.25) is 0 Å². The van der Waals surface area contributed by atoms with E-state index < -0.39 is 0 Å². The summed E-state index contributed by atoms with van der Waals surface area (Å²) < 4.78 is 0. The second-order valence-corrected chi connectivity index (χ2v) is 6.71. The van der Waals surface area contributed by atoms with Gasteiger partial charge in [-0.2, -0.15) is 0 Å². The SMILES string of the molecule is Cc1ccc(Sc2cc(N)nc(C(C)(C)C)n2)cc1. The maximum atomic E-state index is 5.87. The van der Waals surface area contributed by atoms with Crippen molar-refractivity contribution >= 4 is 17.6 Å². The first-order chi connectivity index (χ1) is 8.84. The Morgan fingerprint density at radius 2 is 1.68 bits per heavy atom. The van der Waals surface area contributed by atoms with E-state index >= 15 is 0 Å². The Balaban J connectivity index is 2.30. The van der Waals surface area contributed by atoms with Crippen molar-refractivity contribution in [2.24, 2.45) is 0 Å². The molecular weight excluding hydrogens is 254 g/mol. The first kappa shape index (κ1) is 13.9. The van der Waals surface area contributed by atoms with E-state index in [0.717, 1.165) is 15.7 Å². The van der Waals surface area contributed by atoms with Gasteiger partial charge in [-0.05, 0) is 19.1 Å².